The molecule has 3 rings (SSSR count). The number of hydrogen-bond donors (Lipinski definition) is 1. The van der Waals surface area contributed by atoms with Crippen molar-refractivity contribution >= 4 is 85.8 Å². The average molecular weight is 634 g/mol. The molecule has 2 aromatic carbocycles. The van der Waals surface area contributed by atoms with Crippen molar-refractivity contribution < 1.29 is 19.4 Å². The second-order valence-electron chi connectivity index (χ2n) is 5.92. The first kappa shape index (κ1) is 22.1. The Labute approximate surface area is 199 Å². The molecule has 0 bridgehead atoms. The topological polar surface area (TPSA) is 79.2 Å². The quantitative estimate of drug-likeness (QED) is 0.361. The molecule has 1 amide bonds. The van der Waals surface area contributed by atoms with Crippen LogP contribution in [0.4, 0.5) is 5.69 Å². The molecule has 1 fully saturated rings. The van der Waals surface area contributed by atoms with Gasteiger partial charge in [0.05, 0.1) is 26.8 Å². The number of hydrogen-bond acceptors (Lipinski definition) is 5. The zero-order chi connectivity index (χ0) is 21.1. The Morgan fingerprint density at radius 2 is 1.97 bits per heavy atom. The SMILES string of the molecule is CCN1C(=O)C(=Cc2cc(I)cc(I)c2OC)SC1=Nc1ccc(C(=O)O)cc1. The van der Waals surface area contributed by atoms with Crippen molar-refractivity contribution in [1.29, 1.82) is 0 Å². The molecule has 1 aliphatic heterocycles. The van der Waals surface area contributed by atoms with Crippen LogP contribution in [0.1, 0.15) is 22.8 Å². The third-order valence-corrected chi connectivity index (χ3v) is 6.50. The monoisotopic (exact) mass is 634 g/mol. The molecule has 29 heavy (non-hydrogen) atoms. The number of thioether (sulfide) groups is 1. The number of carbonyl (C=O) groups excluding carboxylic acids is 1. The lowest BCUT2D eigenvalue weighted by Gasteiger charge is -2.12. The van der Waals surface area contributed by atoms with Gasteiger partial charge in [-0.05, 0) is 106 Å². The number of aliphatic imine (C=N–C) groups is 1. The Morgan fingerprint density at radius 1 is 1.28 bits per heavy atom. The maximum Gasteiger partial charge on any atom is 0.335 e. The van der Waals surface area contributed by atoms with Crippen molar-refractivity contribution in [3.8, 4) is 5.75 Å². The number of amides is 1. The third kappa shape index (κ3) is 4.94. The number of carboxylic acid groups (broad SMARTS) is 1. The predicted molar refractivity (Wildman–Crippen MR) is 132 cm³/mol. The maximum atomic E-state index is 12.9. The minimum absolute atomic E-state index is 0.116. The predicted octanol–water partition coefficient (Wildman–Crippen LogP) is 5.23. The van der Waals surface area contributed by atoms with E-state index in [0.717, 1.165) is 18.5 Å². The van der Waals surface area contributed by atoms with Gasteiger partial charge in [0.25, 0.3) is 5.91 Å². The molecule has 0 spiro atoms. The van der Waals surface area contributed by atoms with Gasteiger partial charge in [0.1, 0.15) is 5.75 Å². The van der Waals surface area contributed by atoms with Gasteiger partial charge in [0.15, 0.2) is 5.17 Å². The number of nitrogens with zero attached hydrogens (tertiary/aromatic N) is 2. The highest BCUT2D eigenvalue weighted by Crippen LogP contribution is 2.37. The van der Waals surface area contributed by atoms with Crippen LogP contribution < -0.4 is 4.74 Å². The van der Waals surface area contributed by atoms with E-state index < -0.39 is 5.97 Å². The second-order valence-corrected chi connectivity index (χ2v) is 9.33. The number of amidine groups is 1. The van der Waals surface area contributed by atoms with Crippen LogP contribution in [0.2, 0.25) is 0 Å². The van der Waals surface area contributed by atoms with Gasteiger partial charge in [-0.3, -0.25) is 9.69 Å². The fraction of sp³-hybridized carbons (Fsp3) is 0.150. The van der Waals surface area contributed by atoms with Crippen LogP contribution in [0, 0.1) is 7.14 Å². The molecule has 0 saturated carbocycles. The van der Waals surface area contributed by atoms with E-state index in [0.29, 0.717) is 22.3 Å². The Bertz CT molecular complexity index is 1040. The molecule has 1 N–H and O–H groups in total. The molecule has 0 aromatic heterocycles. The first-order chi connectivity index (χ1) is 13.8. The Morgan fingerprint density at radius 3 is 2.55 bits per heavy atom. The smallest absolute Gasteiger partial charge is 0.335 e. The molecular formula is C20H16I2N2O4S. The van der Waals surface area contributed by atoms with Gasteiger partial charge < -0.3 is 9.84 Å². The fourth-order valence-electron chi connectivity index (χ4n) is 2.70. The molecule has 1 heterocycles. The zero-order valence-corrected chi connectivity index (χ0v) is 20.6. The lowest BCUT2D eigenvalue weighted by atomic mass is 10.2. The second kappa shape index (κ2) is 9.47. The molecule has 0 aliphatic carbocycles. The number of likely N-dealkylation sites (N-methyl/N-ethyl adjacent to an activating group) is 1. The molecule has 0 unspecified atom stereocenters. The highest BCUT2D eigenvalue weighted by molar-refractivity contribution is 14.1. The summed E-state index contributed by atoms with van der Waals surface area (Å²) in [6.07, 6.45) is 1.83. The van der Waals surface area contributed by atoms with Crippen LogP contribution in [0.15, 0.2) is 46.3 Å². The van der Waals surface area contributed by atoms with E-state index in [2.05, 4.69) is 50.2 Å². The molecule has 150 valence electrons. The van der Waals surface area contributed by atoms with E-state index >= 15 is 0 Å². The first-order valence-electron chi connectivity index (χ1n) is 8.50. The molecule has 0 atom stereocenters. The van der Waals surface area contributed by atoms with E-state index in [1.165, 1.54) is 23.9 Å². The number of carboxylic acids is 1. The van der Waals surface area contributed by atoms with E-state index in [9.17, 15) is 9.59 Å². The molecule has 1 aliphatic rings. The van der Waals surface area contributed by atoms with Crippen LogP contribution in [0.25, 0.3) is 6.08 Å². The van der Waals surface area contributed by atoms with Gasteiger partial charge >= 0.3 is 5.97 Å². The molecule has 1 saturated heterocycles. The Balaban J connectivity index is 1.97. The third-order valence-electron chi connectivity index (χ3n) is 4.07. The van der Waals surface area contributed by atoms with Crippen LogP contribution in [-0.4, -0.2) is 40.7 Å². The minimum atomic E-state index is -0.990. The largest absolute Gasteiger partial charge is 0.495 e. The summed E-state index contributed by atoms with van der Waals surface area (Å²) in [5, 5.41) is 9.58. The lowest BCUT2D eigenvalue weighted by Crippen LogP contribution is -2.28. The first-order valence-corrected chi connectivity index (χ1v) is 11.5. The maximum absolute atomic E-state index is 12.9. The van der Waals surface area contributed by atoms with Crippen molar-refractivity contribution in [3.05, 3.63) is 59.6 Å². The normalized spacial score (nSPS) is 16.7. The lowest BCUT2D eigenvalue weighted by molar-refractivity contribution is -0.122. The van der Waals surface area contributed by atoms with Gasteiger partial charge in [-0.2, -0.15) is 0 Å². The Hall–Kier alpha value is -1.60. The van der Waals surface area contributed by atoms with Crippen LogP contribution in [-0.2, 0) is 4.79 Å². The minimum Gasteiger partial charge on any atom is -0.495 e. The number of aromatic carboxylic acids is 1. The molecule has 2 aromatic rings. The van der Waals surface area contributed by atoms with E-state index in [1.807, 2.05) is 25.1 Å². The van der Waals surface area contributed by atoms with Gasteiger partial charge in [0.2, 0.25) is 0 Å². The summed E-state index contributed by atoms with van der Waals surface area (Å²) in [5.74, 6) is -0.380. The van der Waals surface area contributed by atoms with Crippen molar-refractivity contribution in [2.45, 2.75) is 6.92 Å². The summed E-state index contributed by atoms with van der Waals surface area (Å²) in [6, 6.07) is 10.2. The van der Waals surface area contributed by atoms with Crippen molar-refractivity contribution in [2.24, 2.45) is 4.99 Å². The number of methoxy groups -OCH3 is 1. The van der Waals surface area contributed by atoms with Gasteiger partial charge in [-0.25, -0.2) is 9.79 Å². The average Bonchev–Trinajstić information content (AvgIpc) is 2.96. The van der Waals surface area contributed by atoms with E-state index in [-0.39, 0.29) is 11.5 Å². The highest BCUT2D eigenvalue weighted by atomic mass is 127. The molecule has 6 nitrogen and oxygen atoms in total. The van der Waals surface area contributed by atoms with Gasteiger partial charge in [-0.1, -0.05) is 0 Å². The van der Waals surface area contributed by atoms with Crippen LogP contribution >= 0.6 is 56.9 Å². The van der Waals surface area contributed by atoms with Crippen molar-refractivity contribution in [2.75, 3.05) is 13.7 Å². The van der Waals surface area contributed by atoms with Crippen LogP contribution in [0.5, 0.6) is 5.75 Å². The van der Waals surface area contributed by atoms with Gasteiger partial charge in [-0.15, -0.1) is 0 Å². The zero-order valence-electron chi connectivity index (χ0n) is 15.5. The number of rotatable bonds is 5. The number of carbonyl (C=O) groups is 2. The molecule has 0 radical (unpaired) electrons. The molecule has 9 heteroatoms. The van der Waals surface area contributed by atoms with E-state index in [4.69, 9.17) is 9.84 Å². The summed E-state index contributed by atoms with van der Waals surface area (Å²) in [4.78, 5) is 30.6. The summed E-state index contributed by atoms with van der Waals surface area (Å²) in [7, 11) is 1.61. The fourth-order valence-corrected chi connectivity index (χ4v) is 5.87. The Kier molecular flexibility index (Phi) is 7.22. The van der Waals surface area contributed by atoms with Crippen molar-refractivity contribution in [1.82, 2.24) is 4.90 Å². The summed E-state index contributed by atoms with van der Waals surface area (Å²) < 4.78 is 7.54. The summed E-state index contributed by atoms with van der Waals surface area (Å²) in [6.45, 7) is 2.37. The van der Waals surface area contributed by atoms with Gasteiger partial charge in [0, 0.05) is 15.7 Å². The van der Waals surface area contributed by atoms with Crippen molar-refractivity contribution in [3.63, 3.8) is 0 Å². The van der Waals surface area contributed by atoms with E-state index in [1.54, 1.807) is 24.1 Å². The number of ether oxygens (including phenoxy) is 1. The molecular weight excluding hydrogens is 618 g/mol. The van der Waals surface area contributed by atoms with Crippen LogP contribution in [0.3, 0.4) is 0 Å². The summed E-state index contributed by atoms with van der Waals surface area (Å²) >= 11 is 5.74. The standard InChI is InChI=1S/C20H16I2N2O4S/c1-3-24-18(25)16(9-12-8-13(21)10-15(22)17(12)28-2)29-20(24)23-14-6-4-11(5-7-14)19(26)27/h4-10H,3H2,1-2H3,(H,26,27). The number of benzene rings is 2. The summed E-state index contributed by atoms with van der Waals surface area (Å²) in [5.41, 5.74) is 1.62. The highest BCUT2D eigenvalue weighted by Gasteiger charge is 2.32. The number of halogens is 2.